The van der Waals surface area contributed by atoms with E-state index in [1.165, 1.54) is 5.56 Å². The van der Waals surface area contributed by atoms with Crippen molar-refractivity contribution in [3.05, 3.63) is 54.1 Å². The number of nitrogens with zero attached hydrogens (tertiary/aromatic N) is 2. The smallest absolute Gasteiger partial charge is 0.101 e. The minimum Gasteiger partial charge on any atom is -0.378 e. The summed E-state index contributed by atoms with van der Waals surface area (Å²) < 4.78 is 5.39. The highest BCUT2D eigenvalue weighted by atomic mass is 16.5. The molecule has 1 heterocycles. The average molecular weight is 264 g/mol. The van der Waals surface area contributed by atoms with E-state index in [1.54, 1.807) is 0 Å². The molecule has 1 aliphatic heterocycles. The van der Waals surface area contributed by atoms with Gasteiger partial charge in [-0.15, -0.1) is 0 Å². The van der Waals surface area contributed by atoms with E-state index >= 15 is 0 Å². The van der Waals surface area contributed by atoms with Crippen LogP contribution in [0.1, 0.15) is 5.56 Å². The zero-order valence-electron chi connectivity index (χ0n) is 11.2. The van der Waals surface area contributed by atoms with E-state index in [0.29, 0.717) is 0 Å². The van der Waals surface area contributed by atoms with Gasteiger partial charge in [-0.3, -0.25) is 0 Å². The third-order valence-electron chi connectivity index (χ3n) is 3.58. The second-order valence-corrected chi connectivity index (χ2v) is 4.81. The van der Waals surface area contributed by atoms with Crippen LogP contribution in [0.4, 0.5) is 5.69 Å². The Morgan fingerprint density at radius 3 is 2.40 bits per heavy atom. The van der Waals surface area contributed by atoms with Gasteiger partial charge in [0, 0.05) is 13.1 Å². The van der Waals surface area contributed by atoms with Crippen LogP contribution in [0.2, 0.25) is 0 Å². The maximum absolute atomic E-state index is 9.30. The molecule has 2 aromatic carbocycles. The molecule has 1 fully saturated rings. The van der Waals surface area contributed by atoms with E-state index < -0.39 is 0 Å². The second-order valence-electron chi connectivity index (χ2n) is 4.81. The summed E-state index contributed by atoms with van der Waals surface area (Å²) in [7, 11) is 0. The van der Waals surface area contributed by atoms with Crippen molar-refractivity contribution in [3.8, 4) is 17.2 Å². The number of benzene rings is 2. The number of hydrogen-bond acceptors (Lipinski definition) is 3. The van der Waals surface area contributed by atoms with Gasteiger partial charge in [0.25, 0.3) is 0 Å². The zero-order valence-corrected chi connectivity index (χ0v) is 11.2. The van der Waals surface area contributed by atoms with Gasteiger partial charge in [-0.1, -0.05) is 36.4 Å². The fraction of sp³-hybridized carbons (Fsp3) is 0.235. The summed E-state index contributed by atoms with van der Waals surface area (Å²) in [5, 5.41) is 9.30. The van der Waals surface area contributed by atoms with Crippen LogP contribution in [-0.2, 0) is 4.74 Å². The van der Waals surface area contributed by atoms with Crippen molar-refractivity contribution in [2.24, 2.45) is 0 Å². The molecular formula is C17H16N2O. The molecule has 0 atom stereocenters. The topological polar surface area (TPSA) is 36.3 Å². The summed E-state index contributed by atoms with van der Waals surface area (Å²) >= 11 is 0. The molecule has 0 N–H and O–H groups in total. The first-order chi connectivity index (χ1) is 9.88. The SMILES string of the molecule is N#Cc1ccc(-c2ccccc2)cc1N1CCOCC1. The predicted molar refractivity (Wildman–Crippen MR) is 79.6 cm³/mol. The second kappa shape index (κ2) is 5.77. The van der Waals surface area contributed by atoms with Crippen LogP contribution in [0.3, 0.4) is 0 Å². The molecule has 20 heavy (non-hydrogen) atoms. The number of morpholine rings is 1. The lowest BCUT2D eigenvalue weighted by Gasteiger charge is -2.29. The van der Waals surface area contributed by atoms with Crippen molar-refractivity contribution in [2.45, 2.75) is 0 Å². The Morgan fingerprint density at radius 2 is 1.70 bits per heavy atom. The largest absolute Gasteiger partial charge is 0.378 e. The quantitative estimate of drug-likeness (QED) is 0.836. The highest BCUT2D eigenvalue weighted by molar-refractivity contribution is 5.72. The summed E-state index contributed by atoms with van der Waals surface area (Å²) in [5.74, 6) is 0. The van der Waals surface area contributed by atoms with E-state index in [2.05, 4.69) is 29.2 Å². The number of rotatable bonds is 2. The fourth-order valence-corrected chi connectivity index (χ4v) is 2.50. The number of hydrogen-bond donors (Lipinski definition) is 0. The van der Waals surface area contributed by atoms with Crippen LogP contribution >= 0.6 is 0 Å². The van der Waals surface area contributed by atoms with Crippen LogP contribution < -0.4 is 4.90 Å². The first-order valence-corrected chi connectivity index (χ1v) is 6.81. The van der Waals surface area contributed by atoms with Crippen molar-refractivity contribution in [3.63, 3.8) is 0 Å². The van der Waals surface area contributed by atoms with Crippen molar-refractivity contribution >= 4 is 5.69 Å². The lowest BCUT2D eigenvalue weighted by atomic mass is 10.0. The number of anilines is 1. The van der Waals surface area contributed by atoms with Gasteiger partial charge in [-0.2, -0.15) is 5.26 Å². The van der Waals surface area contributed by atoms with Crippen molar-refractivity contribution in [1.29, 1.82) is 5.26 Å². The van der Waals surface area contributed by atoms with Crippen LogP contribution in [0.5, 0.6) is 0 Å². The van der Waals surface area contributed by atoms with Gasteiger partial charge in [0.15, 0.2) is 0 Å². The van der Waals surface area contributed by atoms with E-state index in [9.17, 15) is 5.26 Å². The molecule has 100 valence electrons. The fourth-order valence-electron chi connectivity index (χ4n) is 2.50. The van der Waals surface area contributed by atoms with Gasteiger partial charge in [0.05, 0.1) is 24.5 Å². The number of ether oxygens (including phenoxy) is 1. The average Bonchev–Trinajstić information content (AvgIpc) is 2.56. The third kappa shape index (κ3) is 2.52. The summed E-state index contributed by atoms with van der Waals surface area (Å²) in [6, 6.07) is 18.6. The summed E-state index contributed by atoms with van der Waals surface area (Å²) in [6.07, 6.45) is 0. The molecule has 2 aromatic rings. The maximum atomic E-state index is 9.30. The van der Waals surface area contributed by atoms with Crippen LogP contribution in [0, 0.1) is 11.3 Å². The van der Waals surface area contributed by atoms with Gasteiger partial charge in [0.1, 0.15) is 6.07 Å². The first-order valence-electron chi connectivity index (χ1n) is 6.81. The summed E-state index contributed by atoms with van der Waals surface area (Å²) in [4.78, 5) is 2.23. The van der Waals surface area contributed by atoms with Gasteiger partial charge >= 0.3 is 0 Å². The van der Waals surface area contributed by atoms with Crippen molar-refractivity contribution in [1.82, 2.24) is 0 Å². The van der Waals surface area contributed by atoms with Crippen LogP contribution in [-0.4, -0.2) is 26.3 Å². The van der Waals surface area contributed by atoms with Crippen LogP contribution in [0.15, 0.2) is 48.5 Å². The molecule has 1 saturated heterocycles. The highest BCUT2D eigenvalue weighted by Gasteiger charge is 2.15. The molecule has 1 aliphatic rings. The van der Waals surface area contributed by atoms with E-state index in [-0.39, 0.29) is 0 Å². The van der Waals surface area contributed by atoms with E-state index in [4.69, 9.17) is 4.74 Å². The Morgan fingerprint density at radius 1 is 0.950 bits per heavy atom. The van der Waals surface area contributed by atoms with E-state index in [1.807, 2.05) is 30.3 Å². The monoisotopic (exact) mass is 264 g/mol. The molecule has 0 aromatic heterocycles. The molecule has 0 saturated carbocycles. The molecule has 0 amide bonds. The van der Waals surface area contributed by atoms with Crippen molar-refractivity contribution < 1.29 is 4.74 Å². The predicted octanol–water partition coefficient (Wildman–Crippen LogP) is 3.06. The summed E-state index contributed by atoms with van der Waals surface area (Å²) in [5.41, 5.74) is 4.06. The minimum atomic E-state index is 0.723. The van der Waals surface area contributed by atoms with Crippen molar-refractivity contribution in [2.75, 3.05) is 31.2 Å². The lowest BCUT2D eigenvalue weighted by Crippen LogP contribution is -2.36. The van der Waals surface area contributed by atoms with Gasteiger partial charge in [-0.05, 0) is 23.3 Å². The Balaban J connectivity index is 2.01. The Labute approximate surface area is 119 Å². The first kappa shape index (κ1) is 12.7. The normalized spacial score (nSPS) is 14.8. The molecule has 0 aliphatic carbocycles. The van der Waals surface area contributed by atoms with Gasteiger partial charge in [0.2, 0.25) is 0 Å². The molecule has 3 heteroatoms. The molecule has 3 rings (SSSR count). The minimum absolute atomic E-state index is 0.723. The standard InChI is InChI=1S/C17H16N2O/c18-13-16-7-6-15(14-4-2-1-3-5-14)12-17(16)19-8-10-20-11-9-19/h1-7,12H,8-11H2. The van der Waals surface area contributed by atoms with Crippen LogP contribution in [0.25, 0.3) is 11.1 Å². The Hall–Kier alpha value is -2.31. The lowest BCUT2D eigenvalue weighted by molar-refractivity contribution is 0.122. The molecule has 0 spiro atoms. The highest BCUT2D eigenvalue weighted by Crippen LogP contribution is 2.28. The maximum Gasteiger partial charge on any atom is 0.101 e. The summed E-state index contributed by atoms with van der Waals surface area (Å²) in [6.45, 7) is 3.13. The molecule has 0 radical (unpaired) electrons. The van der Waals surface area contributed by atoms with E-state index in [0.717, 1.165) is 43.1 Å². The van der Waals surface area contributed by atoms with Gasteiger partial charge < -0.3 is 9.64 Å². The Kier molecular flexibility index (Phi) is 3.67. The number of nitriles is 1. The Bertz CT molecular complexity index is 625. The van der Waals surface area contributed by atoms with Gasteiger partial charge in [-0.25, -0.2) is 0 Å². The third-order valence-corrected chi connectivity index (χ3v) is 3.58. The molecular weight excluding hydrogens is 248 g/mol. The zero-order chi connectivity index (χ0) is 13.8. The molecule has 3 nitrogen and oxygen atoms in total. The molecule has 0 bridgehead atoms. The molecule has 0 unspecified atom stereocenters.